The van der Waals surface area contributed by atoms with Crippen molar-refractivity contribution in [3.05, 3.63) is 38.0 Å². The highest BCUT2D eigenvalue weighted by Gasteiger charge is 2.30. The van der Waals surface area contributed by atoms with Crippen LogP contribution in [0.25, 0.3) is 0 Å². The van der Waals surface area contributed by atoms with Gasteiger partial charge in [-0.1, -0.05) is 6.92 Å². The number of nitrogens with two attached hydrogens (primary N) is 1. The first-order valence-electron chi connectivity index (χ1n) is 7.77. The van der Waals surface area contributed by atoms with E-state index in [1.807, 2.05) is 6.92 Å². The number of rotatable bonds is 7. The number of ether oxygens (including phenoxy) is 1. The molecule has 2 heterocycles. The second-order valence-corrected chi connectivity index (χ2v) is 6.49. The van der Waals surface area contributed by atoms with Crippen LogP contribution in [0.15, 0.2) is 6.20 Å². The van der Waals surface area contributed by atoms with Gasteiger partial charge in [0.2, 0.25) is 5.69 Å². The zero-order valence-electron chi connectivity index (χ0n) is 14.8. The molecule has 2 rings (SSSR count). The second-order valence-electron chi connectivity index (χ2n) is 5.47. The van der Waals surface area contributed by atoms with Crippen molar-refractivity contribution in [2.45, 2.75) is 20.3 Å². The standard InChI is InChI=1S/C15H17N5O6S/c1-4-5-26-15(23)9-7(2)11(12(16)21)27-14(9)18-13(22)10-8(20(24)25)6-17-19(10)3/h6H,4-5H2,1-3H3,(H2,16,21)(H,18,22). The van der Waals surface area contributed by atoms with Gasteiger partial charge in [-0.05, 0) is 18.9 Å². The van der Waals surface area contributed by atoms with Gasteiger partial charge in [0, 0.05) is 7.05 Å². The molecule has 12 heteroatoms. The summed E-state index contributed by atoms with van der Waals surface area (Å²) in [6, 6.07) is 0. The molecule has 0 saturated heterocycles. The van der Waals surface area contributed by atoms with Crippen molar-refractivity contribution >= 4 is 39.8 Å². The number of nitro groups is 1. The van der Waals surface area contributed by atoms with Crippen LogP contribution in [0, 0.1) is 17.0 Å². The molecule has 3 N–H and O–H groups in total. The number of anilines is 1. The minimum absolute atomic E-state index is 0.0135. The molecule has 0 aliphatic rings. The van der Waals surface area contributed by atoms with Crippen molar-refractivity contribution in [3.63, 3.8) is 0 Å². The van der Waals surface area contributed by atoms with E-state index in [0.717, 1.165) is 22.2 Å². The van der Waals surface area contributed by atoms with Gasteiger partial charge in [-0.15, -0.1) is 11.3 Å². The Kier molecular flexibility index (Phi) is 5.90. The quantitative estimate of drug-likeness (QED) is 0.409. The molecule has 0 unspecified atom stereocenters. The van der Waals surface area contributed by atoms with Gasteiger partial charge in [-0.25, -0.2) is 4.79 Å². The first-order chi connectivity index (χ1) is 12.7. The van der Waals surface area contributed by atoms with E-state index < -0.39 is 28.4 Å². The van der Waals surface area contributed by atoms with E-state index in [1.54, 1.807) is 0 Å². The summed E-state index contributed by atoms with van der Waals surface area (Å²) in [6.45, 7) is 3.47. The van der Waals surface area contributed by atoms with E-state index in [9.17, 15) is 24.5 Å². The first kappa shape index (κ1) is 20.0. The third-order valence-electron chi connectivity index (χ3n) is 3.57. The van der Waals surface area contributed by atoms with Crippen LogP contribution in [-0.4, -0.2) is 39.1 Å². The molecule has 0 bridgehead atoms. The Balaban J connectivity index is 2.46. The third kappa shape index (κ3) is 3.95. The first-order valence-corrected chi connectivity index (χ1v) is 8.58. The summed E-state index contributed by atoms with van der Waals surface area (Å²) >= 11 is 0.795. The number of nitrogens with one attached hydrogen (secondary N) is 1. The van der Waals surface area contributed by atoms with Crippen LogP contribution in [-0.2, 0) is 11.8 Å². The Bertz CT molecular complexity index is 932. The molecule has 0 aliphatic heterocycles. The van der Waals surface area contributed by atoms with Crippen LogP contribution in [0.5, 0.6) is 0 Å². The van der Waals surface area contributed by atoms with Gasteiger partial charge in [0.25, 0.3) is 11.8 Å². The molecule has 2 amide bonds. The number of aromatic nitrogens is 2. The Hall–Kier alpha value is -3.28. The molecule has 0 aromatic carbocycles. The lowest BCUT2D eigenvalue weighted by Crippen LogP contribution is -2.19. The lowest BCUT2D eigenvalue weighted by atomic mass is 10.1. The van der Waals surface area contributed by atoms with Crippen molar-refractivity contribution in [2.24, 2.45) is 12.8 Å². The van der Waals surface area contributed by atoms with Crippen LogP contribution < -0.4 is 11.1 Å². The van der Waals surface area contributed by atoms with Crippen molar-refractivity contribution in [2.75, 3.05) is 11.9 Å². The smallest absolute Gasteiger partial charge is 0.341 e. The zero-order valence-corrected chi connectivity index (χ0v) is 15.6. The molecule has 0 atom stereocenters. The third-order valence-corrected chi connectivity index (χ3v) is 4.79. The maximum atomic E-state index is 12.6. The van der Waals surface area contributed by atoms with E-state index in [0.29, 0.717) is 6.42 Å². The fourth-order valence-corrected chi connectivity index (χ4v) is 3.38. The predicted octanol–water partition coefficient (Wildman–Crippen LogP) is 1.62. The number of amides is 2. The summed E-state index contributed by atoms with van der Waals surface area (Å²) in [4.78, 5) is 46.9. The normalized spacial score (nSPS) is 10.5. The minimum Gasteiger partial charge on any atom is -0.462 e. The molecule has 0 spiro atoms. The largest absolute Gasteiger partial charge is 0.462 e. The number of carbonyl (C=O) groups excluding carboxylic acids is 3. The lowest BCUT2D eigenvalue weighted by molar-refractivity contribution is -0.385. The highest BCUT2D eigenvalue weighted by Crippen LogP contribution is 2.34. The number of hydrogen-bond acceptors (Lipinski definition) is 8. The molecule has 2 aromatic heterocycles. The summed E-state index contributed by atoms with van der Waals surface area (Å²) in [5, 5.41) is 17.2. The van der Waals surface area contributed by atoms with Gasteiger partial charge in [-0.3, -0.25) is 24.4 Å². The van der Waals surface area contributed by atoms with E-state index in [2.05, 4.69) is 10.4 Å². The van der Waals surface area contributed by atoms with Crippen LogP contribution >= 0.6 is 11.3 Å². The van der Waals surface area contributed by atoms with Crippen LogP contribution in [0.3, 0.4) is 0 Å². The van der Waals surface area contributed by atoms with E-state index in [4.69, 9.17) is 10.5 Å². The number of carbonyl (C=O) groups is 3. The molecule has 0 saturated carbocycles. The molecule has 144 valence electrons. The monoisotopic (exact) mass is 395 g/mol. The highest BCUT2D eigenvalue weighted by molar-refractivity contribution is 7.18. The maximum Gasteiger partial charge on any atom is 0.341 e. The zero-order chi connectivity index (χ0) is 20.3. The van der Waals surface area contributed by atoms with Gasteiger partial charge in [0.15, 0.2) is 0 Å². The fourth-order valence-electron chi connectivity index (χ4n) is 2.33. The van der Waals surface area contributed by atoms with Crippen LogP contribution in [0.2, 0.25) is 0 Å². The minimum atomic E-state index is -0.858. The number of hydrogen-bond donors (Lipinski definition) is 2. The average molecular weight is 395 g/mol. The summed E-state index contributed by atoms with van der Waals surface area (Å²) in [5.74, 6) is -2.36. The van der Waals surface area contributed by atoms with Crippen molar-refractivity contribution in [3.8, 4) is 0 Å². The van der Waals surface area contributed by atoms with Crippen LogP contribution in [0.4, 0.5) is 10.7 Å². The Labute approximate surface area is 157 Å². The van der Waals surface area contributed by atoms with E-state index in [-0.39, 0.29) is 33.3 Å². The van der Waals surface area contributed by atoms with Gasteiger partial charge in [0.05, 0.1) is 22.0 Å². The van der Waals surface area contributed by atoms with Crippen molar-refractivity contribution < 1.29 is 24.0 Å². The average Bonchev–Trinajstić information content (AvgIpc) is 3.13. The summed E-state index contributed by atoms with van der Waals surface area (Å²) < 4.78 is 6.13. The molecule has 0 aliphatic carbocycles. The number of primary amides is 1. The SMILES string of the molecule is CCCOC(=O)c1c(NC(=O)c2c([N+](=O)[O-])cnn2C)sc(C(N)=O)c1C. The number of nitrogens with zero attached hydrogens (tertiary/aromatic N) is 3. The molecule has 0 fully saturated rings. The van der Waals surface area contributed by atoms with Gasteiger partial charge < -0.3 is 15.8 Å². The topological polar surface area (TPSA) is 159 Å². The maximum absolute atomic E-state index is 12.6. The molecular weight excluding hydrogens is 378 g/mol. The Morgan fingerprint density at radius 2 is 2.11 bits per heavy atom. The highest BCUT2D eigenvalue weighted by atomic mass is 32.1. The molecule has 27 heavy (non-hydrogen) atoms. The summed E-state index contributed by atoms with van der Waals surface area (Å²) in [7, 11) is 1.37. The summed E-state index contributed by atoms with van der Waals surface area (Å²) in [6.07, 6.45) is 1.53. The molecule has 11 nitrogen and oxygen atoms in total. The predicted molar refractivity (Wildman–Crippen MR) is 96.0 cm³/mol. The molecule has 2 aromatic rings. The van der Waals surface area contributed by atoms with Crippen molar-refractivity contribution in [1.29, 1.82) is 0 Å². The Morgan fingerprint density at radius 3 is 2.67 bits per heavy atom. The lowest BCUT2D eigenvalue weighted by Gasteiger charge is -2.07. The van der Waals surface area contributed by atoms with E-state index >= 15 is 0 Å². The fraction of sp³-hybridized carbons (Fsp3) is 0.333. The van der Waals surface area contributed by atoms with Gasteiger partial charge in [0.1, 0.15) is 11.2 Å². The molecular formula is C15H17N5O6S. The summed E-state index contributed by atoms with van der Waals surface area (Å²) in [5.41, 5.74) is 4.77. The Morgan fingerprint density at radius 1 is 1.44 bits per heavy atom. The number of thiophene rings is 1. The number of esters is 1. The van der Waals surface area contributed by atoms with Crippen LogP contribution in [0.1, 0.15) is 49.4 Å². The van der Waals surface area contributed by atoms with E-state index in [1.165, 1.54) is 14.0 Å². The molecule has 0 radical (unpaired) electrons. The van der Waals surface area contributed by atoms with Gasteiger partial charge >= 0.3 is 11.7 Å². The second kappa shape index (κ2) is 7.95. The van der Waals surface area contributed by atoms with Crippen molar-refractivity contribution in [1.82, 2.24) is 9.78 Å². The number of aryl methyl sites for hydroxylation is 1. The van der Waals surface area contributed by atoms with Gasteiger partial charge in [-0.2, -0.15) is 5.10 Å².